The zero-order valence-electron chi connectivity index (χ0n) is 3.80. The summed E-state index contributed by atoms with van der Waals surface area (Å²) in [6, 6.07) is 0. The Morgan fingerprint density at radius 3 is 2.75 bits per heavy atom. The summed E-state index contributed by atoms with van der Waals surface area (Å²) in [6.07, 6.45) is 0. The fourth-order valence-electron chi connectivity index (χ4n) is 0.292. The van der Waals surface area contributed by atoms with Crippen LogP contribution in [0.5, 0.6) is 5.19 Å². The largest absolute Gasteiger partial charge is 0.345 e. The molecule has 0 bridgehead atoms. The lowest BCUT2D eigenvalue weighted by Gasteiger charge is -1.73. The lowest BCUT2D eigenvalue weighted by Crippen LogP contribution is -1.76. The smallest absolute Gasteiger partial charge is 0.253 e. The lowest BCUT2D eigenvalue weighted by molar-refractivity contribution is 0.351. The SMILES string of the molecule is [O]c1nc(CCl)ns1. The molecular weight excluding hydrogens is 148 g/mol. The highest BCUT2D eigenvalue weighted by Gasteiger charge is 1.99. The van der Waals surface area contributed by atoms with Crippen LogP contribution in [0.15, 0.2) is 0 Å². The van der Waals surface area contributed by atoms with Crippen LogP contribution in [-0.2, 0) is 11.0 Å². The predicted octanol–water partition coefficient (Wildman–Crippen LogP) is 1.42. The molecule has 1 aromatic rings. The van der Waals surface area contributed by atoms with E-state index < -0.39 is 0 Å². The molecule has 0 unspecified atom stereocenters. The highest BCUT2D eigenvalue weighted by atomic mass is 35.5. The van der Waals surface area contributed by atoms with E-state index in [1.165, 1.54) is 0 Å². The van der Waals surface area contributed by atoms with Crippen LogP contribution in [0.25, 0.3) is 0 Å². The Labute approximate surface area is 55.1 Å². The highest BCUT2D eigenvalue weighted by molar-refractivity contribution is 7.07. The molecule has 0 aliphatic rings. The van der Waals surface area contributed by atoms with E-state index in [4.69, 9.17) is 11.6 Å². The van der Waals surface area contributed by atoms with Crippen molar-refractivity contribution in [3.8, 4) is 5.19 Å². The third kappa shape index (κ3) is 1.08. The second-order valence-corrected chi connectivity index (χ2v) is 2.09. The molecule has 3 nitrogen and oxygen atoms in total. The molecule has 0 amide bonds. The molecule has 0 saturated carbocycles. The van der Waals surface area contributed by atoms with Crippen LogP contribution in [-0.4, -0.2) is 9.36 Å². The third-order valence-corrected chi connectivity index (χ3v) is 1.36. The topological polar surface area (TPSA) is 45.7 Å². The monoisotopic (exact) mass is 149 g/mol. The number of alkyl halides is 1. The van der Waals surface area contributed by atoms with Crippen molar-refractivity contribution in [2.24, 2.45) is 0 Å². The van der Waals surface area contributed by atoms with E-state index in [1.54, 1.807) is 0 Å². The Kier molecular flexibility index (Phi) is 1.65. The van der Waals surface area contributed by atoms with Crippen LogP contribution in [0, 0.1) is 0 Å². The molecule has 8 heavy (non-hydrogen) atoms. The van der Waals surface area contributed by atoms with Crippen molar-refractivity contribution < 1.29 is 5.11 Å². The Morgan fingerprint density at radius 1 is 1.75 bits per heavy atom. The van der Waals surface area contributed by atoms with Gasteiger partial charge in [0, 0.05) is 11.5 Å². The van der Waals surface area contributed by atoms with Crippen molar-refractivity contribution in [1.82, 2.24) is 9.36 Å². The fraction of sp³-hybridized carbons (Fsp3) is 0.333. The van der Waals surface area contributed by atoms with Crippen LogP contribution in [0.4, 0.5) is 0 Å². The molecular formula is C3H2ClN2OS. The molecule has 0 N–H and O–H groups in total. The van der Waals surface area contributed by atoms with Gasteiger partial charge < -0.3 is 0 Å². The van der Waals surface area contributed by atoms with Gasteiger partial charge in [0.05, 0.1) is 5.88 Å². The average Bonchev–Trinajstić information content (AvgIpc) is 2.14. The minimum atomic E-state index is -0.277. The molecule has 0 aliphatic heterocycles. The zero-order chi connectivity index (χ0) is 5.98. The van der Waals surface area contributed by atoms with Crippen molar-refractivity contribution in [2.75, 3.05) is 0 Å². The van der Waals surface area contributed by atoms with Gasteiger partial charge in [0.15, 0.2) is 5.82 Å². The van der Waals surface area contributed by atoms with Crippen LogP contribution in [0.2, 0.25) is 0 Å². The van der Waals surface area contributed by atoms with Gasteiger partial charge in [0.25, 0.3) is 0 Å². The molecule has 1 aromatic heterocycles. The maximum absolute atomic E-state index is 10.2. The minimum Gasteiger partial charge on any atom is -0.253 e. The predicted molar refractivity (Wildman–Crippen MR) is 29.6 cm³/mol. The molecule has 0 spiro atoms. The van der Waals surface area contributed by atoms with E-state index in [9.17, 15) is 5.11 Å². The number of hydrogen-bond donors (Lipinski definition) is 0. The van der Waals surface area contributed by atoms with E-state index in [0.717, 1.165) is 11.5 Å². The van der Waals surface area contributed by atoms with Gasteiger partial charge in [0.1, 0.15) is 0 Å². The van der Waals surface area contributed by atoms with Crippen LogP contribution in [0.1, 0.15) is 5.82 Å². The lowest BCUT2D eigenvalue weighted by atomic mass is 10.7. The molecule has 1 radical (unpaired) electrons. The normalized spacial score (nSPS) is 9.62. The molecule has 5 heteroatoms. The molecule has 0 atom stereocenters. The van der Waals surface area contributed by atoms with Crippen LogP contribution < -0.4 is 0 Å². The maximum Gasteiger partial charge on any atom is 0.345 e. The minimum absolute atomic E-state index is 0.221. The van der Waals surface area contributed by atoms with Gasteiger partial charge in [-0.25, -0.2) is 0 Å². The molecule has 0 fully saturated rings. The first kappa shape index (κ1) is 5.78. The Bertz CT molecular complexity index is 178. The van der Waals surface area contributed by atoms with Gasteiger partial charge >= 0.3 is 5.19 Å². The fourth-order valence-corrected chi connectivity index (χ4v) is 0.918. The van der Waals surface area contributed by atoms with Crippen LogP contribution >= 0.6 is 23.1 Å². The van der Waals surface area contributed by atoms with Crippen molar-refractivity contribution >= 4 is 23.1 Å². The van der Waals surface area contributed by atoms with E-state index >= 15 is 0 Å². The zero-order valence-corrected chi connectivity index (χ0v) is 5.37. The molecule has 0 aliphatic carbocycles. The summed E-state index contributed by atoms with van der Waals surface area (Å²) in [6.45, 7) is 0. The van der Waals surface area contributed by atoms with Gasteiger partial charge in [-0.15, -0.1) is 11.6 Å². The average molecular weight is 150 g/mol. The van der Waals surface area contributed by atoms with Gasteiger partial charge in [-0.3, -0.25) is 5.11 Å². The first-order valence-electron chi connectivity index (χ1n) is 1.88. The van der Waals surface area contributed by atoms with E-state index in [1.807, 2.05) is 0 Å². The number of nitrogens with zero attached hydrogens (tertiary/aromatic N) is 2. The standard InChI is InChI=1S/C3H2ClN2OS/c4-1-2-5-3(7)8-6-2/h1H2. The summed E-state index contributed by atoms with van der Waals surface area (Å²) in [4.78, 5) is 3.45. The summed E-state index contributed by atoms with van der Waals surface area (Å²) in [5.41, 5.74) is 0. The number of hydrogen-bond acceptors (Lipinski definition) is 3. The summed E-state index contributed by atoms with van der Waals surface area (Å²) < 4.78 is 3.62. The van der Waals surface area contributed by atoms with E-state index in [-0.39, 0.29) is 11.1 Å². The number of aromatic nitrogens is 2. The number of halogens is 1. The summed E-state index contributed by atoms with van der Waals surface area (Å²) in [7, 11) is 0. The van der Waals surface area contributed by atoms with Crippen molar-refractivity contribution in [2.45, 2.75) is 5.88 Å². The van der Waals surface area contributed by atoms with Gasteiger partial charge in [-0.05, 0) is 0 Å². The van der Waals surface area contributed by atoms with Crippen molar-refractivity contribution in [3.05, 3.63) is 5.82 Å². The maximum atomic E-state index is 10.2. The summed E-state index contributed by atoms with van der Waals surface area (Å²) in [5, 5.41) is 9.96. The Hall–Kier alpha value is -0.350. The number of rotatable bonds is 1. The first-order valence-corrected chi connectivity index (χ1v) is 3.19. The van der Waals surface area contributed by atoms with Crippen molar-refractivity contribution in [3.63, 3.8) is 0 Å². The van der Waals surface area contributed by atoms with Gasteiger partial charge in [-0.1, -0.05) is 0 Å². The molecule has 0 aromatic carbocycles. The third-order valence-electron chi connectivity index (χ3n) is 0.569. The molecule has 1 heterocycles. The second-order valence-electron chi connectivity index (χ2n) is 1.11. The highest BCUT2D eigenvalue weighted by Crippen LogP contribution is 2.12. The van der Waals surface area contributed by atoms with E-state index in [0.29, 0.717) is 5.82 Å². The molecule has 1 rings (SSSR count). The van der Waals surface area contributed by atoms with Crippen molar-refractivity contribution in [1.29, 1.82) is 0 Å². The Balaban J connectivity index is 2.84. The van der Waals surface area contributed by atoms with Gasteiger partial charge in [0.2, 0.25) is 0 Å². The molecule has 43 valence electrons. The summed E-state index contributed by atoms with van der Waals surface area (Å²) >= 11 is 6.11. The van der Waals surface area contributed by atoms with E-state index in [2.05, 4.69) is 9.36 Å². The summed E-state index contributed by atoms with van der Waals surface area (Å²) in [5.74, 6) is 0.639. The molecule has 0 saturated heterocycles. The second kappa shape index (κ2) is 2.28. The van der Waals surface area contributed by atoms with Gasteiger partial charge in [-0.2, -0.15) is 9.36 Å². The quantitative estimate of drug-likeness (QED) is 0.567. The Morgan fingerprint density at radius 2 is 2.50 bits per heavy atom. The first-order chi connectivity index (χ1) is 3.83. The van der Waals surface area contributed by atoms with Crippen LogP contribution in [0.3, 0.4) is 0 Å².